The molecule has 0 bridgehead atoms. The Labute approximate surface area is 100 Å². The molecule has 0 saturated heterocycles. The van der Waals surface area contributed by atoms with Gasteiger partial charge < -0.3 is 14.5 Å². The highest BCUT2D eigenvalue weighted by molar-refractivity contribution is 5.92. The van der Waals surface area contributed by atoms with E-state index in [0.717, 1.165) is 0 Å². The second-order valence-electron chi connectivity index (χ2n) is 3.66. The highest BCUT2D eigenvalue weighted by Gasteiger charge is 2.13. The third kappa shape index (κ3) is 3.00. The van der Waals surface area contributed by atoms with E-state index in [2.05, 4.69) is 0 Å². The first-order chi connectivity index (χ1) is 8.13. The Morgan fingerprint density at radius 3 is 2.47 bits per heavy atom. The molecule has 0 aromatic heterocycles. The van der Waals surface area contributed by atoms with E-state index >= 15 is 0 Å². The van der Waals surface area contributed by atoms with E-state index in [1.165, 1.54) is 6.92 Å². The summed E-state index contributed by atoms with van der Waals surface area (Å²) in [5, 5.41) is 0. The molecule has 0 fully saturated rings. The second kappa shape index (κ2) is 5.94. The van der Waals surface area contributed by atoms with Gasteiger partial charge in [-0.15, -0.1) is 0 Å². The Morgan fingerprint density at radius 2 is 2.00 bits per heavy atom. The fourth-order valence-corrected chi connectivity index (χ4v) is 1.68. The van der Waals surface area contributed by atoms with E-state index in [4.69, 9.17) is 0 Å². The van der Waals surface area contributed by atoms with E-state index < -0.39 is 5.92 Å². The smallest absolute Gasteiger partial charge is 0.223 e. The number of rotatable bonds is 5. The van der Waals surface area contributed by atoms with Gasteiger partial charge in [0.1, 0.15) is 12.6 Å². The van der Waals surface area contributed by atoms with Gasteiger partial charge in [0.05, 0.1) is 5.92 Å². The van der Waals surface area contributed by atoms with E-state index in [9.17, 15) is 14.4 Å². The number of hydrogen-bond donors (Lipinski definition) is 0. The Hall–Kier alpha value is -1.97. The van der Waals surface area contributed by atoms with E-state index in [-0.39, 0.29) is 5.91 Å². The average molecular weight is 233 g/mol. The van der Waals surface area contributed by atoms with Gasteiger partial charge in [0.15, 0.2) is 0 Å². The van der Waals surface area contributed by atoms with Crippen molar-refractivity contribution in [3.05, 3.63) is 29.8 Å². The van der Waals surface area contributed by atoms with Gasteiger partial charge in [0.2, 0.25) is 5.91 Å². The van der Waals surface area contributed by atoms with Crippen LogP contribution in [0.2, 0.25) is 0 Å². The number of anilines is 1. The van der Waals surface area contributed by atoms with E-state index in [1.54, 1.807) is 29.2 Å². The monoisotopic (exact) mass is 233 g/mol. The Kier molecular flexibility index (Phi) is 4.57. The van der Waals surface area contributed by atoms with Gasteiger partial charge in [-0.1, -0.05) is 12.1 Å². The van der Waals surface area contributed by atoms with Crippen molar-refractivity contribution in [2.24, 2.45) is 0 Å². The molecule has 0 saturated carbocycles. The molecule has 0 aliphatic heterocycles. The van der Waals surface area contributed by atoms with Crippen LogP contribution in [-0.2, 0) is 14.4 Å². The SMILES string of the molecule is CCN(C(C)=O)c1cccc(C(C=O)C=O)c1. The highest BCUT2D eigenvalue weighted by atomic mass is 16.2. The molecule has 1 rings (SSSR count). The Bertz CT molecular complexity index is 420. The molecule has 0 radical (unpaired) electrons. The minimum absolute atomic E-state index is 0.0709. The molecule has 0 aliphatic carbocycles. The first-order valence-electron chi connectivity index (χ1n) is 5.42. The van der Waals surface area contributed by atoms with Crippen molar-refractivity contribution >= 4 is 24.2 Å². The maximum Gasteiger partial charge on any atom is 0.223 e. The Morgan fingerprint density at radius 1 is 1.35 bits per heavy atom. The van der Waals surface area contributed by atoms with Gasteiger partial charge >= 0.3 is 0 Å². The number of aldehydes is 2. The zero-order valence-corrected chi connectivity index (χ0v) is 9.92. The van der Waals surface area contributed by atoms with Gasteiger partial charge in [-0.2, -0.15) is 0 Å². The number of carbonyl (C=O) groups is 3. The molecule has 0 unspecified atom stereocenters. The van der Waals surface area contributed by atoms with Crippen LogP contribution in [0, 0.1) is 0 Å². The Balaban J connectivity index is 3.11. The van der Waals surface area contributed by atoms with Crippen molar-refractivity contribution in [3.8, 4) is 0 Å². The van der Waals surface area contributed by atoms with Gasteiger partial charge in [-0.3, -0.25) is 4.79 Å². The normalized spacial score (nSPS) is 10.1. The van der Waals surface area contributed by atoms with Gasteiger partial charge in [-0.25, -0.2) is 0 Å². The fraction of sp³-hybridized carbons (Fsp3) is 0.308. The zero-order valence-electron chi connectivity index (χ0n) is 9.92. The standard InChI is InChI=1S/C13H15NO3/c1-3-14(10(2)17)13-6-4-5-11(7-13)12(8-15)9-16/h4-9,12H,3H2,1-2H3. The molecule has 4 nitrogen and oxygen atoms in total. The summed E-state index contributed by atoms with van der Waals surface area (Å²) in [7, 11) is 0. The fourth-order valence-electron chi connectivity index (χ4n) is 1.68. The van der Waals surface area contributed by atoms with Gasteiger partial charge in [-0.05, 0) is 24.6 Å². The van der Waals surface area contributed by atoms with Crippen LogP contribution in [0.25, 0.3) is 0 Å². The van der Waals surface area contributed by atoms with Gasteiger partial charge in [0, 0.05) is 19.2 Å². The lowest BCUT2D eigenvalue weighted by Crippen LogP contribution is -2.27. The summed E-state index contributed by atoms with van der Waals surface area (Å²) in [6.45, 7) is 3.89. The summed E-state index contributed by atoms with van der Waals surface area (Å²) in [5.41, 5.74) is 1.30. The predicted octanol–water partition coefficient (Wildman–Crippen LogP) is 1.54. The first kappa shape index (κ1) is 13.1. The maximum absolute atomic E-state index is 11.4. The number of amides is 1. The molecule has 1 amide bonds. The zero-order chi connectivity index (χ0) is 12.8. The number of benzene rings is 1. The summed E-state index contributed by atoms with van der Waals surface area (Å²) in [5.74, 6) is -0.834. The minimum atomic E-state index is -0.763. The second-order valence-corrected chi connectivity index (χ2v) is 3.66. The van der Waals surface area contributed by atoms with Crippen LogP contribution in [0.1, 0.15) is 25.3 Å². The van der Waals surface area contributed by atoms with Crippen molar-refractivity contribution in [2.45, 2.75) is 19.8 Å². The van der Waals surface area contributed by atoms with Crippen LogP contribution >= 0.6 is 0 Å². The average Bonchev–Trinajstić information content (AvgIpc) is 2.31. The quantitative estimate of drug-likeness (QED) is 0.572. The third-order valence-corrected chi connectivity index (χ3v) is 2.56. The van der Waals surface area contributed by atoms with Gasteiger partial charge in [0.25, 0.3) is 0 Å². The van der Waals surface area contributed by atoms with E-state index in [0.29, 0.717) is 30.4 Å². The molecule has 1 aromatic carbocycles. The maximum atomic E-state index is 11.4. The first-order valence-corrected chi connectivity index (χ1v) is 5.42. The molecule has 0 heterocycles. The molecule has 0 atom stereocenters. The number of nitrogens with zero attached hydrogens (tertiary/aromatic N) is 1. The molecule has 90 valence electrons. The lowest BCUT2D eigenvalue weighted by Gasteiger charge is -2.20. The molecule has 1 aromatic rings. The van der Waals surface area contributed by atoms with Crippen LogP contribution in [-0.4, -0.2) is 25.0 Å². The lowest BCUT2D eigenvalue weighted by atomic mass is 10.0. The van der Waals surface area contributed by atoms with E-state index in [1.807, 2.05) is 6.92 Å². The number of carbonyl (C=O) groups excluding carboxylic acids is 3. The van der Waals surface area contributed by atoms with Crippen LogP contribution in [0.5, 0.6) is 0 Å². The largest absolute Gasteiger partial charge is 0.313 e. The topological polar surface area (TPSA) is 54.5 Å². The summed E-state index contributed by atoms with van der Waals surface area (Å²) in [6.07, 6.45) is 1.19. The molecular formula is C13H15NO3. The third-order valence-electron chi connectivity index (χ3n) is 2.56. The van der Waals surface area contributed by atoms with Crippen LogP contribution in [0.3, 0.4) is 0 Å². The van der Waals surface area contributed by atoms with Crippen molar-refractivity contribution < 1.29 is 14.4 Å². The molecular weight excluding hydrogens is 218 g/mol. The van der Waals surface area contributed by atoms with Crippen LogP contribution in [0.15, 0.2) is 24.3 Å². The summed E-state index contributed by atoms with van der Waals surface area (Å²) < 4.78 is 0. The van der Waals surface area contributed by atoms with Crippen molar-refractivity contribution in [1.29, 1.82) is 0 Å². The van der Waals surface area contributed by atoms with Crippen molar-refractivity contribution in [2.75, 3.05) is 11.4 Å². The van der Waals surface area contributed by atoms with Crippen LogP contribution < -0.4 is 4.90 Å². The van der Waals surface area contributed by atoms with Crippen molar-refractivity contribution in [3.63, 3.8) is 0 Å². The predicted molar refractivity (Wildman–Crippen MR) is 65.0 cm³/mol. The molecule has 0 aliphatic rings. The summed E-state index contributed by atoms with van der Waals surface area (Å²) in [4.78, 5) is 34.4. The highest BCUT2D eigenvalue weighted by Crippen LogP contribution is 2.20. The summed E-state index contributed by atoms with van der Waals surface area (Å²) in [6, 6.07) is 6.90. The van der Waals surface area contributed by atoms with Crippen LogP contribution in [0.4, 0.5) is 5.69 Å². The lowest BCUT2D eigenvalue weighted by molar-refractivity contribution is -0.117. The summed E-state index contributed by atoms with van der Waals surface area (Å²) >= 11 is 0. The molecule has 0 N–H and O–H groups in total. The number of hydrogen-bond acceptors (Lipinski definition) is 3. The molecule has 4 heteroatoms. The van der Waals surface area contributed by atoms with Crippen molar-refractivity contribution in [1.82, 2.24) is 0 Å². The molecule has 0 spiro atoms. The minimum Gasteiger partial charge on any atom is -0.313 e. The molecule has 17 heavy (non-hydrogen) atoms.